The van der Waals surface area contributed by atoms with Gasteiger partial charge in [0.05, 0.1) is 0 Å². The average molecular weight is 543 g/mol. The third-order valence-corrected chi connectivity index (χ3v) is 15.7. The van der Waals surface area contributed by atoms with Crippen molar-refractivity contribution in [3.8, 4) is 0 Å². The van der Waals surface area contributed by atoms with Crippen molar-refractivity contribution in [1.29, 1.82) is 0 Å². The Morgan fingerprint density at radius 3 is 0.857 bits per heavy atom. The molecule has 12 aliphatic carbocycles. The number of hydrogen-bond acceptors (Lipinski definition) is 1. The van der Waals surface area contributed by atoms with E-state index in [1.807, 2.05) is 0 Å². The number of halogens is 1. The second-order valence-corrected chi connectivity index (χ2v) is 16.8. The highest BCUT2D eigenvalue weighted by Crippen LogP contribution is 2.72. The highest BCUT2D eigenvalue weighted by molar-refractivity contribution is 8.93. The molecule has 1 nitrogen and oxygen atoms in total. The molecule has 0 aromatic heterocycles. The molecule has 9 unspecified atom stereocenters. The van der Waals surface area contributed by atoms with Gasteiger partial charge in [0.2, 0.25) is 0 Å². The summed E-state index contributed by atoms with van der Waals surface area (Å²) in [5.41, 5.74) is 1.69. The van der Waals surface area contributed by atoms with E-state index >= 15 is 0 Å². The minimum Gasteiger partial charge on any atom is -0.285 e. The van der Waals surface area contributed by atoms with E-state index in [9.17, 15) is 0 Å². The topological polar surface area (TPSA) is 3.24 Å². The summed E-state index contributed by atoms with van der Waals surface area (Å²) in [7, 11) is 0. The van der Waals surface area contributed by atoms with Gasteiger partial charge in [0.15, 0.2) is 0 Å². The molecule has 0 aromatic rings. The molecule has 9 atom stereocenters. The fraction of sp³-hybridized carbons (Fsp3) is 1.00. The second kappa shape index (κ2) is 7.34. The molecule has 0 spiro atoms. The first-order valence-corrected chi connectivity index (χ1v) is 16.2. The summed E-state index contributed by atoms with van der Waals surface area (Å²) in [4.78, 5) is 3.67. The molecule has 0 N–H and O–H groups in total. The lowest BCUT2D eigenvalue weighted by Crippen LogP contribution is -2.82. The zero-order valence-corrected chi connectivity index (χ0v) is 24.6. The van der Waals surface area contributed by atoms with Gasteiger partial charge in [-0.25, -0.2) is 0 Å². The number of rotatable bonds is 3. The van der Waals surface area contributed by atoms with Crippen LogP contribution in [0.2, 0.25) is 0 Å². The smallest absolute Gasteiger partial charge is 0.0254 e. The van der Waals surface area contributed by atoms with Crippen LogP contribution in [-0.4, -0.2) is 21.5 Å². The van der Waals surface area contributed by atoms with E-state index in [0.717, 1.165) is 71.0 Å². The van der Waals surface area contributed by atoms with Crippen molar-refractivity contribution in [2.24, 2.45) is 71.0 Å². The van der Waals surface area contributed by atoms with Crippen LogP contribution in [0.4, 0.5) is 0 Å². The summed E-state index contributed by atoms with van der Waals surface area (Å²) in [5.74, 6) is 12.5. The van der Waals surface area contributed by atoms with Gasteiger partial charge in [-0.15, -0.1) is 17.0 Å². The van der Waals surface area contributed by atoms with Crippen LogP contribution >= 0.6 is 17.0 Å². The Morgan fingerprint density at radius 2 is 0.629 bits per heavy atom. The van der Waals surface area contributed by atoms with Gasteiger partial charge in [-0.05, 0) is 167 Å². The molecule has 12 fully saturated rings. The van der Waals surface area contributed by atoms with Crippen LogP contribution in [0, 0.1) is 71.0 Å². The quantitative estimate of drug-likeness (QED) is 0.346. The van der Waals surface area contributed by atoms with Crippen molar-refractivity contribution in [2.45, 2.75) is 134 Å². The maximum absolute atomic E-state index is 3.67. The van der Waals surface area contributed by atoms with Crippen LogP contribution in [0.15, 0.2) is 0 Å². The number of nitrogens with zero attached hydrogens (tertiary/aromatic N) is 1. The first kappa shape index (κ1) is 23.3. The van der Waals surface area contributed by atoms with Gasteiger partial charge in [-0.2, -0.15) is 0 Å². The predicted molar refractivity (Wildman–Crippen MR) is 149 cm³/mol. The Labute approximate surface area is 226 Å². The molecule has 0 aromatic carbocycles. The third-order valence-electron chi connectivity index (χ3n) is 15.7. The van der Waals surface area contributed by atoms with Crippen molar-refractivity contribution in [2.75, 3.05) is 0 Å². The molecule has 0 saturated heterocycles. The molecule has 196 valence electrons. The minimum absolute atomic E-state index is 0. The molecular formula is C33H52BrN. The first-order chi connectivity index (χ1) is 16.4. The van der Waals surface area contributed by atoms with Gasteiger partial charge < -0.3 is 0 Å². The molecule has 12 rings (SSSR count). The molecule has 0 heterocycles. The fourth-order valence-electron chi connectivity index (χ4n) is 15.2. The maximum Gasteiger partial charge on any atom is 0.0254 e. The summed E-state index contributed by atoms with van der Waals surface area (Å²) in [6.07, 6.45) is 24.0. The third kappa shape index (κ3) is 2.77. The Morgan fingerprint density at radius 1 is 0.400 bits per heavy atom. The molecular weight excluding hydrogens is 490 g/mol. The van der Waals surface area contributed by atoms with Crippen LogP contribution in [0.25, 0.3) is 0 Å². The van der Waals surface area contributed by atoms with Gasteiger partial charge in [-0.3, -0.25) is 4.90 Å². The Balaban J connectivity index is 0.00000196. The van der Waals surface area contributed by atoms with Gasteiger partial charge in [0, 0.05) is 16.6 Å². The monoisotopic (exact) mass is 541 g/mol. The summed E-state index contributed by atoms with van der Waals surface area (Å²) in [5, 5.41) is 0. The SMILES string of the molecule is Br.CC1C2CC3CC(C2)CC1(N(C12CC4CC(CC(C4)C1C)C2)C12CC4CC(CC(C4)C1C)C2)C3. The molecule has 0 radical (unpaired) electrons. The standard InChI is InChI=1S/C33H51N.BrH/c1-19-28-7-22-4-23(8-28)14-31(19,13-22)34(32-15-24-5-25(16-32)10-29(9-24)20(32)2)33-17-26-6-27(18-33)12-30(11-26)21(33)3;/h19-30H,4-18H2,1-3H3;1H. The molecule has 35 heavy (non-hydrogen) atoms. The largest absolute Gasteiger partial charge is 0.285 e. The highest BCUT2D eigenvalue weighted by Gasteiger charge is 2.72. The van der Waals surface area contributed by atoms with Crippen LogP contribution in [0.1, 0.15) is 117 Å². The number of hydrogen-bond donors (Lipinski definition) is 0. The Bertz CT molecular complexity index is 739. The lowest BCUT2D eigenvalue weighted by molar-refractivity contribution is -0.289. The van der Waals surface area contributed by atoms with Gasteiger partial charge in [0.25, 0.3) is 0 Å². The average Bonchev–Trinajstić information content (AvgIpc) is 2.78. The zero-order valence-electron chi connectivity index (χ0n) is 22.9. The Hall–Kier alpha value is 0.440. The normalized spacial score (nSPS) is 64.8. The van der Waals surface area contributed by atoms with E-state index in [0.29, 0.717) is 16.6 Å². The lowest BCUT2D eigenvalue weighted by Gasteiger charge is -2.79. The Kier molecular flexibility index (Phi) is 4.89. The molecule has 12 aliphatic rings. The van der Waals surface area contributed by atoms with Crippen molar-refractivity contribution in [3.05, 3.63) is 0 Å². The van der Waals surface area contributed by atoms with E-state index < -0.39 is 0 Å². The highest BCUT2D eigenvalue weighted by atomic mass is 79.9. The van der Waals surface area contributed by atoms with E-state index in [1.54, 1.807) is 96.3 Å². The summed E-state index contributed by atoms with van der Waals surface area (Å²) >= 11 is 0. The summed E-state index contributed by atoms with van der Waals surface area (Å²) in [6.45, 7) is 8.39. The summed E-state index contributed by atoms with van der Waals surface area (Å²) in [6, 6.07) is 0. The molecule has 0 aliphatic heterocycles. The minimum atomic E-state index is 0. The van der Waals surface area contributed by atoms with Gasteiger partial charge in [-0.1, -0.05) is 20.8 Å². The van der Waals surface area contributed by atoms with Gasteiger partial charge >= 0.3 is 0 Å². The zero-order chi connectivity index (χ0) is 22.6. The van der Waals surface area contributed by atoms with Crippen LogP contribution in [0.5, 0.6) is 0 Å². The second-order valence-electron chi connectivity index (χ2n) is 16.8. The maximum atomic E-state index is 3.67. The van der Waals surface area contributed by atoms with Crippen molar-refractivity contribution in [1.82, 2.24) is 4.90 Å². The van der Waals surface area contributed by atoms with E-state index in [4.69, 9.17) is 0 Å². The van der Waals surface area contributed by atoms with Gasteiger partial charge in [0.1, 0.15) is 0 Å². The van der Waals surface area contributed by atoms with Crippen LogP contribution < -0.4 is 0 Å². The first-order valence-electron chi connectivity index (χ1n) is 16.2. The molecule has 2 heteroatoms. The predicted octanol–water partition coefficient (Wildman–Crippen LogP) is 8.51. The molecule has 12 saturated carbocycles. The van der Waals surface area contributed by atoms with E-state index in [2.05, 4.69) is 25.7 Å². The molecule has 12 bridgehead atoms. The van der Waals surface area contributed by atoms with Crippen LogP contribution in [-0.2, 0) is 0 Å². The fourth-order valence-corrected chi connectivity index (χ4v) is 15.2. The van der Waals surface area contributed by atoms with Crippen molar-refractivity contribution in [3.63, 3.8) is 0 Å². The van der Waals surface area contributed by atoms with Crippen molar-refractivity contribution < 1.29 is 0 Å². The van der Waals surface area contributed by atoms with E-state index in [-0.39, 0.29) is 17.0 Å². The summed E-state index contributed by atoms with van der Waals surface area (Å²) < 4.78 is 0. The van der Waals surface area contributed by atoms with Crippen molar-refractivity contribution >= 4 is 17.0 Å². The molecule has 0 amide bonds. The van der Waals surface area contributed by atoms with E-state index in [1.165, 1.54) is 0 Å². The lowest BCUT2D eigenvalue weighted by atomic mass is 9.40. The van der Waals surface area contributed by atoms with Crippen LogP contribution in [0.3, 0.4) is 0 Å².